The molecule has 2 amide bonds. The number of anilines is 2. The van der Waals surface area contributed by atoms with E-state index in [1.807, 2.05) is 43.3 Å². The second-order valence-electron chi connectivity index (χ2n) is 7.64. The van der Waals surface area contributed by atoms with Gasteiger partial charge in [0.2, 0.25) is 0 Å². The molecular weight excluding hydrogens is 495 g/mol. The molecule has 0 spiro atoms. The van der Waals surface area contributed by atoms with Gasteiger partial charge in [-0.15, -0.1) is 0 Å². The van der Waals surface area contributed by atoms with E-state index in [9.17, 15) is 9.59 Å². The van der Waals surface area contributed by atoms with Gasteiger partial charge >= 0.3 is 12.0 Å². The second-order valence-corrected chi connectivity index (χ2v) is 8.86. The Labute approximate surface area is 211 Å². The lowest BCUT2D eigenvalue weighted by atomic mass is 10.0. The third-order valence-electron chi connectivity index (χ3n) is 5.14. The van der Waals surface area contributed by atoms with Crippen LogP contribution < -0.4 is 15.4 Å². The van der Waals surface area contributed by atoms with Crippen molar-refractivity contribution in [2.75, 3.05) is 10.6 Å². The number of ether oxygens (including phenoxy) is 1. The van der Waals surface area contributed by atoms with E-state index in [0.717, 1.165) is 16.7 Å². The van der Waals surface area contributed by atoms with Gasteiger partial charge in [-0.25, -0.2) is 4.79 Å². The Morgan fingerprint density at radius 3 is 2.26 bits per heavy atom. The van der Waals surface area contributed by atoms with Gasteiger partial charge in [-0.1, -0.05) is 59.1 Å². The molecule has 4 aromatic rings. The lowest BCUT2D eigenvalue weighted by molar-refractivity contribution is -0.131. The minimum absolute atomic E-state index is 0.246. The molecule has 0 aliphatic rings. The maximum Gasteiger partial charge on any atom is 0.323 e. The molecule has 2 N–H and O–H groups in total. The lowest BCUT2D eigenvalue weighted by Gasteiger charge is -2.14. The van der Waals surface area contributed by atoms with Crippen molar-refractivity contribution in [3.8, 4) is 16.9 Å². The zero-order chi connectivity index (χ0) is 24.4. The maximum absolute atomic E-state index is 12.9. The van der Waals surface area contributed by atoms with Gasteiger partial charge in [0.15, 0.2) is 0 Å². The predicted molar refractivity (Wildman–Crippen MR) is 140 cm³/mol. The molecule has 0 saturated carbocycles. The van der Waals surface area contributed by atoms with E-state index in [2.05, 4.69) is 10.6 Å². The average molecular weight is 514 g/mol. The van der Waals surface area contributed by atoms with Crippen molar-refractivity contribution in [2.45, 2.75) is 13.8 Å². The average Bonchev–Trinajstić information content (AvgIpc) is 2.78. The first-order chi connectivity index (χ1) is 16.2. The summed E-state index contributed by atoms with van der Waals surface area (Å²) >= 11 is 19.0. The topological polar surface area (TPSA) is 67.4 Å². The van der Waals surface area contributed by atoms with Crippen molar-refractivity contribution in [3.05, 3.63) is 87.4 Å². The van der Waals surface area contributed by atoms with E-state index >= 15 is 0 Å². The number of fused-ring (bicyclic) bond motifs is 1. The van der Waals surface area contributed by atoms with Crippen LogP contribution in [0.25, 0.3) is 21.9 Å². The first-order valence-corrected chi connectivity index (χ1v) is 11.4. The number of hydrogen-bond donors (Lipinski definition) is 2. The molecule has 172 valence electrons. The van der Waals surface area contributed by atoms with Crippen molar-refractivity contribution >= 4 is 69.0 Å². The number of nitrogens with one attached hydrogen (secondary N) is 2. The molecule has 8 heteroatoms. The first-order valence-electron chi connectivity index (χ1n) is 10.3. The highest BCUT2D eigenvalue weighted by molar-refractivity contribution is 6.41. The van der Waals surface area contributed by atoms with Crippen LogP contribution in [0.5, 0.6) is 5.75 Å². The van der Waals surface area contributed by atoms with Crippen LogP contribution in [0.15, 0.2) is 66.7 Å². The van der Waals surface area contributed by atoms with Gasteiger partial charge < -0.3 is 15.4 Å². The number of rotatable bonds is 4. The largest absolute Gasteiger partial charge is 0.427 e. The number of esters is 1. The summed E-state index contributed by atoms with van der Waals surface area (Å²) in [6.45, 7) is 3.25. The highest BCUT2D eigenvalue weighted by Gasteiger charge is 2.15. The fraction of sp³-hybridized carbons (Fsp3) is 0.0769. The lowest BCUT2D eigenvalue weighted by Crippen LogP contribution is -2.20. The molecule has 0 aliphatic carbocycles. The van der Waals surface area contributed by atoms with Crippen molar-refractivity contribution < 1.29 is 14.3 Å². The van der Waals surface area contributed by atoms with Crippen molar-refractivity contribution in [2.24, 2.45) is 0 Å². The number of carbonyl (C=O) groups is 2. The minimum atomic E-state index is -0.498. The molecule has 0 atom stereocenters. The van der Waals surface area contributed by atoms with Crippen LogP contribution >= 0.6 is 34.8 Å². The summed E-state index contributed by atoms with van der Waals surface area (Å²) in [5.41, 5.74) is 3.75. The number of amides is 2. The summed E-state index contributed by atoms with van der Waals surface area (Å²) < 4.78 is 5.17. The smallest absolute Gasteiger partial charge is 0.323 e. The number of aryl methyl sites for hydroxylation is 1. The van der Waals surface area contributed by atoms with Crippen LogP contribution in [0.1, 0.15) is 12.5 Å². The van der Waals surface area contributed by atoms with E-state index in [1.165, 1.54) is 6.92 Å². The van der Waals surface area contributed by atoms with Crippen LogP contribution in [0, 0.1) is 6.92 Å². The van der Waals surface area contributed by atoms with Gasteiger partial charge in [0.1, 0.15) is 5.75 Å². The van der Waals surface area contributed by atoms with Gasteiger partial charge in [0, 0.05) is 28.4 Å². The summed E-state index contributed by atoms with van der Waals surface area (Å²) in [5, 5.41) is 8.11. The zero-order valence-corrected chi connectivity index (χ0v) is 20.5. The molecule has 0 aromatic heterocycles. The van der Waals surface area contributed by atoms with Gasteiger partial charge in [0.25, 0.3) is 0 Å². The normalized spacial score (nSPS) is 10.7. The summed E-state index contributed by atoms with van der Waals surface area (Å²) in [4.78, 5) is 24.2. The van der Waals surface area contributed by atoms with E-state index in [4.69, 9.17) is 39.5 Å². The molecule has 0 unspecified atom stereocenters. The van der Waals surface area contributed by atoms with Gasteiger partial charge in [-0.2, -0.15) is 0 Å². The Morgan fingerprint density at radius 1 is 0.765 bits per heavy atom. The number of benzene rings is 4. The number of halogens is 3. The number of hydrogen-bond acceptors (Lipinski definition) is 3. The molecule has 0 fully saturated rings. The number of urea groups is 1. The summed E-state index contributed by atoms with van der Waals surface area (Å²) in [5.74, 6) is -0.152. The van der Waals surface area contributed by atoms with Crippen molar-refractivity contribution in [3.63, 3.8) is 0 Å². The Balaban J connectivity index is 1.61. The fourth-order valence-electron chi connectivity index (χ4n) is 3.51. The monoisotopic (exact) mass is 512 g/mol. The Bertz CT molecular complexity index is 1440. The van der Waals surface area contributed by atoms with E-state index < -0.39 is 12.0 Å². The van der Waals surface area contributed by atoms with E-state index in [-0.39, 0.29) is 5.02 Å². The third kappa shape index (κ3) is 5.28. The van der Waals surface area contributed by atoms with Gasteiger partial charge in [-0.05, 0) is 66.1 Å². The highest BCUT2D eigenvalue weighted by atomic mass is 35.5. The predicted octanol–water partition coefficient (Wildman–Crippen LogP) is 8.34. The molecule has 0 bridgehead atoms. The van der Waals surface area contributed by atoms with Crippen LogP contribution in [0.3, 0.4) is 0 Å². The second kappa shape index (κ2) is 9.94. The van der Waals surface area contributed by atoms with Crippen LogP contribution in [-0.2, 0) is 4.79 Å². The summed E-state index contributed by atoms with van der Waals surface area (Å²) in [6.07, 6.45) is 0. The third-order valence-corrected chi connectivity index (χ3v) is 6.15. The van der Waals surface area contributed by atoms with Crippen LogP contribution in [-0.4, -0.2) is 12.0 Å². The fourth-order valence-corrected chi connectivity index (χ4v) is 4.28. The molecule has 0 saturated heterocycles. The molecule has 0 heterocycles. The molecule has 5 nitrogen and oxygen atoms in total. The Hall–Kier alpha value is -3.25. The van der Waals surface area contributed by atoms with E-state index in [1.54, 1.807) is 30.3 Å². The highest BCUT2D eigenvalue weighted by Crippen LogP contribution is 2.38. The molecule has 4 aromatic carbocycles. The molecular formula is C26H19Cl3N2O3. The van der Waals surface area contributed by atoms with Crippen molar-refractivity contribution in [1.29, 1.82) is 0 Å². The van der Waals surface area contributed by atoms with Crippen LogP contribution in [0.4, 0.5) is 16.2 Å². The molecule has 34 heavy (non-hydrogen) atoms. The molecule has 0 radical (unpaired) electrons. The summed E-state index contributed by atoms with van der Waals surface area (Å²) in [7, 11) is 0. The SMILES string of the molecule is CC(=O)Oc1ccc2c(Cl)cc(Cl)c(NC(=O)Nc3cccc(-c4ccc(C)c(Cl)c4)c3)c2c1. The van der Waals surface area contributed by atoms with Crippen LogP contribution in [0.2, 0.25) is 15.1 Å². The maximum atomic E-state index is 12.9. The quantitative estimate of drug-likeness (QED) is 0.213. The van der Waals surface area contributed by atoms with Gasteiger partial charge in [0.05, 0.1) is 15.7 Å². The number of carbonyl (C=O) groups excluding carboxylic acids is 2. The van der Waals surface area contributed by atoms with E-state index in [0.29, 0.717) is 37.9 Å². The molecule has 4 rings (SSSR count). The standard InChI is InChI=1S/C26H19Cl3N2O3/c1-14-6-7-17(11-22(14)27)16-4-3-5-18(10-16)30-26(33)31-25-21-12-19(34-15(2)32)8-9-20(21)23(28)13-24(25)29/h3-13H,1-2H3,(H2,30,31,33). The van der Waals surface area contributed by atoms with Gasteiger partial charge in [-0.3, -0.25) is 4.79 Å². The first kappa shape index (κ1) is 23.9. The van der Waals surface area contributed by atoms with Crippen molar-refractivity contribution in [1.82, 2.24) is 0 Å². The Morgan fingerprint density at radius 2 is 1.53 bits per heavy atom. The minimum Gasteiger partial charge on any atom is -0.427 e. The zero-order valence-electron chi connectivity index (χ0n) is 18.2. The molecule has 0 aliphatic heterocycles. The Kier molecular flexibility index (Phi) is 6.98. The summed E-state index contributed by atoms with van der Waals surface area (Å²) in [6, 6.07) is 19.2.